The van der Waals surface area contributed by atoms with Crippen LogP contribution in [0.2, 0.25) is 5.15 Å². The minimum Gasteiger partial charge on any atom is -0.212 e. The first kappa shape index (κ1) is 11.4. The molecule has 2 heterocycles. The molecule has 0 aliphatic heterocycles. The maximum absolute atomic E-state index is 6.18. The summed E-state index contributed by atoms with van der Waals surface area (Å²) in [6.45, 7) is 8.43. The van der Waals surface area contributed by atoms with Crippen molar-refractivity contribution in [3.8, 4) is 0 Å². The third-order valence-electron chi connectivity index (χ3n) is 2.62. The summed E-state index contributed by atoms with van der Waals surface area (Å²) in [6.07, 6.45) is 0. The molecule has 0 bridgehead atoms. The van der Waals surface area contributed by atoms with Crippen molar-refractivity contribution in [2.24, 2.45) is 0 Å². The molecule has 0 fully saturated rings. The van der Waals surface area contributed by atoms with Gasteiger partial charge in [0.15, 0.2) is 11.5 Å². The van der Waals surface area contributed by atoms with Gasteiger partial charge in [0, 0.05) is 5.92 Å². The minimum atomic E-state index is 0.318. The highest BCUT2D eigenvalue weighted by Gasteiger charge is 2.11. The number of hydrogen-bond acceptors (Lipinski definition) is 2. The monoisotopic (exact) mass is 237 g/mol. The molecule has 0 saturated carbocycles. The van der Waals surface area contributed by atoms with E-state index < -0.39 is 0 Å². The lowest BCUT2D eigenvalue weighted by atomic mass is 10.1. The Morgan fingerprint density at radius 2 is 1.81 bits per heavy atom. The van der Waals surface area contributed by atoms with Gasteiger partial charge in [-0.3, -0.25) is 0 Å². The van der Waals surface area contributed by atoms with Crippen LogP contribution >= 0.6 is 11.6 Å². The summed E-state index contributed by atoms with van der Waals surface area (Å²) in [5.41, 5.74) is 2.03. The second-order valence-electron chi connectivity index (χ2n) is 4.66. The van der Waals surface area contributed by atoms with Crippen LogP contribution in [0.15, 0.2) is 12.1 Å². The van der Waals surface area contributed by atoms with E-state index in [2.05, 4.69) is 43.8 Å². The molecule has 86 valence electrons. The Balaban J connectivity index is 2.63. The molecule has 2 rings (SSSR count). The van der Waals surface area contributed by atoms with Gasteiger partial charge < -0.3 is 0 Å². The van der Waals surface area contributed by atoms with Gasteiger partial charge >= 0.3 is 0 Å². The summed E-state index contributed by atoms with van der Waals surface area (Å²) >= 11 is 6.18. The van der Waals surface area contributed by atoms with Crippen LogP contribution in [0.1, 0.15) is 50.9 Å². The highest BCUT2D eigenvalue weighted by molar-refractivity contribution is 6.29. The topological polar surface area (TPSA) is 30.2 Å². The van der Waals surface area contributed by atoms with Crippen LogP contribution < -0.4 is 0 Å². The zero-order valence-corrected chi connectivity index (χ0v) is 10.8. The average Bonchev–Trinajstić information content (AvgIpc) is 2.61. The van der Waals surface area contributed by atoms with Crippen molar-refractivity contribution in [2.45, 2.75) is 39.5 Å². The normalized spacial score (nSPS) is 11.9. The molecule has 3 nitrogen and oxygen atoms in total. The maximum Gasteiger partial charge on any atom is 0.157 e. The van der Waals surface area contributed by atoms with E-state index in [1.165, 1.54) is 5.56 Å². The van der Waals surface area contributed by atoms with E-state index in [1.807, 2.05) is 6.07 Å². The molecule has 4 heteroatoms. The van der Waals surface area contributed by atoms with Crippen molar-refractivity contribution in [1.82, 2.24) is 14.6 Å². The number of fused-ring (bicyclic) bond motifs is 1. The first-order valence-electron chi connectivity index (χ1n) is 5.55. The van der Waals surface area contributed by atoms with E-state index in [-0.39, 0.29) is 0 Å². The van der Waals surface area contributed by atoms with Crippen molar-refractivity contribution in [3.63, 3.8) is 0 Å². The molecule has 2 aromatic rings. The van der Waals surface area contributed by atoms with E-state index in [1.54, 1.807) is 4.52 Å². The molecule has 16 heavy (non-hydrogen) atoms. The third-order valence-corrected chi connectivity index (χ3v) is 2.88. The fourth-order valence-electron chi connectivity index (χ4n) is 1.56. The Hall–Kier alpha value is -1.09. The van der Waals surface area contributed by atoms with Gasteiger partial charge in [-0.05, 0) is 23.6 Å². The average molecular weight is 238 g/mol. The predicted octanol–water partition coefficient (Wildman–Crippen LogP) is 3.63. The van der Waals surface area contributed by atoms with E-state index in [9.17, 15) is 0 Å². The molecule has 2 aromatic heterocycles. The summed E-state index contributed by atoms with van der Waals surface area (Å²) in [7, 11) is 0. The first-order chi connectivity index (χ1) is 7.49. The van der Waals surface area contributed by atoms with Crippen LogP contribution in [0.3, 0.4) is 0 Å². The quantitative estimate of drug-likeness (QED) is 0.747. The van der Waals surface area contributed by atoms with Gasteiger partial charge in [-0.2, -0.15) is 0 Å². The molecule has 0 spiro atoms. The molecular formula is C12H16ClN3. The number of hydrogen-bond donors (Lipinski definition) is 0. The highest BCUT2D eigenvalue weighted by Crippen LogP contribution is 2.22. The first-order valence-corrected chi connectivity index (χ1v) is 5.93. The number of rotatable bonds is 2. The van der Waals surface area contributed by atoms with Gasteiger partial charge in [0.1, 0.15) is 5.15 Å². The largest absolute Gasteiger partial charge is 0.212 e. The maximum atomic E-state index is 6.18. The third kappa shape index (κ3) is 1.92. The molecule has 0 saturated heterocycles. The molecule has 0 amide bonds. The zero-order valence-electron chi connectivity index (χ0n) is 10.0. The lowest BCUT2D eigenvalue weighted by Gasteiger charge is -2.05. The lowest BCUT2D eigenvalue weighted by molar-refractivity contribution is 0.764. The second-order valence-corrected chi connectivity index (χ2v) is 5.05. The van der Waals surface area contributed by atoms with Crippen LogP contribution in [-0.4, -0.2) is 14.6 Å². The Labute approximate surface area is 100 Å². The Kier molecular flexibility index (Phi) is 2.89. The van der Waals surface area contributed by atoms with Crippen LogP contribution in [-0.2, 0) is 0 Å². The molecule has 0 atom stereocenters. The molecule has 0 aromatic carbocycles. The SMILES string of the molecule is CC(C)c1cc(Cl)n2nc(C(C)C)nc2c1. The summed E-state index contributed by atoms with van der Waals surface area (Å²) in [5.74, 6) is 1.60. The van der Waals surface area contributed by atoms with Gasteiger partial charge in [-0.25, -0.2) is 9.50 Å². The summed E-state index contributed by atoms with van der Waals surface area (Å²) in [5, 5.41) is 5.01. The fourth-order valence-corrected chi connectivity index (χ4v) is 1.81. The molecule has 0 unspecified atom stereocenters. The van der Waals surface area contributed by atoms with Crippen LogP contribution in [0.5, 0.6) is 0 Å². The molecule has 0 aliphatic carbocycles. The van der Waals surface area contributed by atoms with Gasteiger partial charge in [0.05, 0.1) is 0 Å². The van der Waals surface area contributed by atoms with Gasteiger partial charge in [-0.15, -0.1) is 5.10 Å². The van der Waals surface area contributed by atoms with Gasteiger partial charge in [0.2, 0.25) is 0 Å². The van der Waals surface area contributed by atoms with Gasteiger partial charge in [-0.1, -0.05) is 39.3 Å². The Bertz CT molecular complexity index is 514. The van der Waals surface area contributed by atoms with Crippen molar-refractivity contribution >= 4 is 17.2 Å². The smallest absolute Gasteiger partial charge is 0.157 e. The lowest BCUT2D eigenvalue weighted by Crippen LogP contribution is -1.95. The van der Waals surface area contributed by atoms with E-state index in [0.717, 1.165) is 11.5 Å². The number of pyridine rings is 1. The van der Waals surface area contributed by atoms with E-state index in [0.29, 0.717) is 17.0 Å². The molecule has 0 aliphatic rings. The summed E-state index contributed by atoms with van der Waals surface area (Å²) < 4.78 is 1.70. The zero-order chi connectivity index (χ0) is 11.9. The number of aromatic nitrogens is 3. The number of halogens is 1. The summed E-state index contributed by atoms with van der Waals surface area (Å²) in [4.78, 5) is 4.48. The van der Waals surface area contributed by atoms with Crippen molar-refractivity contribution in [3.05, 3.63) is 28.7 Å². The van der Waals surface area contributed by atoms with Crippen LogP contribution in [0.25, 0.3) is 5.65 Å². The van der Waals surface area contributed by atoms with Crippen molar-refractivity contribution < 1.29 is 0 Å². The second kappa shape index (κ2) is 4.06. The molecule has 0 N–H and O–H groups in total. The Morgan fingerprint density at radius 1 is 1.12 bits per heavy atom. The number of nitrogens with zero attached hydrogens (tertiary/aromatic N) is 3. The standard InChI is InChI=1S/C12H16ClN3/c1-7(2)9-5-10(13)16-11(6-9)14-12(15-16)8(3)4/h5-8H,1-4H3. The molecular weight excluding hydrogens is 222 g/mol. The van der Waals surface area contributed by atoms with Crippen LogP contribution in [0, 0.1) is 0 Å². The van der Waals surface area contributed by atoms with Crippen molar-refractivity contribution in [2.75, 3.05) is 0 Å². The van der Waals surface area contributed by atoms with E-state index >= 15 is 0 Å². The minimum absolute atomic E-state index is 0.318. The van der Waals surface area contributed by atoms with Crippen LogP contribution in [0.4, 0.5) is 0 Å². The van der Waals surface area contributed by atoms with Gasteiger partial charge in [0.25, 0.3) is 0 Å². The highest BCUT2D eigenvalue weighted by atomic mass is 35.5. The van der Waals surface area contributed by atoms with Crippen molar-refractivity contribution in [1.29, 1.82) is 0 Å². The Morgan fingerprint density at radius 3 is 2.38 bits per heavy atom. The fraction of sp³-hybridized carbons (Fsp3) is 0.500. The van der Waals surface area contributed by atoms with E-state index in [4.69, 9.17) is 11.6 Å². The summed E-state index contributed by atoms with van der Waals surface area (Å²) in [6, 6.07) is 4.01. The molecule has 0 radical (unpaired) electrons. The predicted molar refractivity (Wildman–Crippen MR) is 66.2 cm³/mol.